The van der Waals surface area contributed by atoms with Crippen LogP contribution < -0.4 is 10.5 Å². The fourth-order valence-electron chi connectivity index (χ4n) is 1.70. The van der Waals surface area contributed by atoms with Crippen molar-refractivity contribution in [2.75, 3.05) is 12.8 Å². The number of aliphatic hydroxyl groups is 1. The highest BCUT2D eigenvalue weighted by molar-refractivity contribution is 5.90. The average molecular weight is 273 g/mol. The number of benzene rings is 2. The summed E-state index contributed by atoms with van der Waals surface area (Å²) in [6.45, 7) is -0.0745. The minimum atomic E-state index is -0.459. The molecule has 0 heterocycles. The number of aliphatic hydroxyl groups excluding tert-OH is 1. The van der Waals surface area contributed by atoms with Crippen LogP contribution in [0.3, 0.4) is 0 Å². The number of carbonyl (C=O) groups excluding carboxylic acids is 1. The van der Waals surface area contributed by atoms with Crippen molar-refractivity contribution in [3.8, 4) is 11.5 Å². The van der Waals surface area contributed by atoms with E-state index in [0.29, 0.717) is 22.7 Å². The Bertz CT molecular complexity index is 625. The molecule has 0 aliphatic heterocycles. The zero-order valence-electron chi connectivity index (χ0n) is 11.0. The number of ether oxygens (including phenoxy) is 2. The molecule has 104 valence electrons. The fourth-order valence-corrected chi connectivity index (χ4v) is 1.70. The van der Waals surface area contributed by atoms with Gasteiger partial charge in [-0.3, -0.25) is 0 Å². The standard InChI is InChI=1S/C15H15NO4/c1-19-15(18)11-5-6-13(16)14(8-11)20-12-4-2-3-10(7-12)9-17/h2-8,17H,9,16H2,1H3. The van der Waals surface area contributed by atoms with Gasteiger partial charge in [0.15, 0.2) is 5.75 Å². The van der Waals surface area contributed by atoms with Crippen molar-refractivity contribution in [3.05, 3.63) is 53.6 Å². The van der Waals surface area contributed by atoms with Gasteiger partial charge in [-0.25, -0.2) is 4.79 Å². The number of methoxy groups -OCH3 is 1. The molecule has 0 unspecified atom stereocenters. The second-order valence-corrected chi connectivity index (χ2v) is 4.15. The van der Waals surface area contributed by atoms with Crippen molar-refractivity contribution in [1.82, 2.24) is 0 Å². The van der Waals surface area contributed by atoms with Crippen molar-refractivity contribution >= 4 is 11.7 Å². The van der Waals surface area contributed by atoms with Crippen molar-refractivity contribution in [3.63, 3.8) is 0 Å². The number of hydrogen-bond acceptors (Lipinski definition) is 5. The molecular weight excluding hydrogens is 258 g/mol. The van der Waals surface area contributed by atoms with Gasteiger partial charge < -0.3 is 20.3 Å². The number of rotatable bonds is 4. The molecular formula is C15H15NO4. The van der Waals surface area contributed by atoms with E-state index in [2.05, 4.69) is 4.74 Å². The highest BCUT2D eigenvalue weighted by Crippen LogP contribution is 2.29. The molecule has 2 aromatic carbocycles. The molecule has 0 atom stereocenters. The summed E-state index contributed by atoms with van der Waals surface area (Å²) in [6.07, 6.45) is 0. The summed E-state index contributed by atoms with van der Waals surface area (Å²) in [7, 11) is 1.31. The third kappa shape index (κ3) is 3.07. The molecule has 2 aromatic rings. The van der Waals surface area contributed by atoms with Crippen molar-refractivity contribution < 1.29 is 19.4 Å². The first-order valence-electron chi connectivity index (χ1n) is 5.99. The van der Waals surface area contributed by atoms with Crippen LogP contribution in [0.2, 0.25) is 0 Å². The van der Waals surface area contributed by atoms with Gasteiger partial charge in [0.2, 0.25) is 0 Å². The first-order valence-corrected chi connectivity index (χ1v) is 5.99. The summed E-state index contributed by atoms with van der Waals surface area (Å²) in [6, 6.07) is 11.7. The van der Waals surface area contributed by atoms with Gasteiger partial charge in [-0.15, -0.1) is 0 Å². The van der Waals surface area contributed by atoms with Gasteiger partial charge in [-0.05, 0) is 35.9 Å². The summed E-state index contributed by atoms with van der Waals surface area (Å²) in [4.78, 5) is 11.5. The molecule has 5 heteroatoms. The molecule has 0 aliphatic rings. The molecule has 0 amide bonds. The van der Waals surface area contributed by atoms with Gasteiger partial charge in [0, 0.05) is 0 Å². The Balaban J connectivity index is 2.30. The second kappa shape index (κ2) is 6.08. The lowest BCUT2D eigenvalue weighted by Gasteiger charge is -2.10. The monoisotopic (exact) mass is 273 g/mol. The van der Waals surface area contributed by atoms with Gasteiger partial charge in [0.1, 0.15) is 5.75 Å². The number of esters is 1. The minimum Gasteiger partial charge on any atom is -0.465 e. The van der Waals surface area contributed by atoms with Crippen molar-refractivity contribution in [2.24, 2.45) is 0 Å². The van der Waals surface area contributed by atoms with Gasteiger partial charge in [0.05, 0.1) is 25.0 Å². The summed E-state index contributed by atoms with van der Waals surface area (Å²) in [5.41, 5.74) is 7.32. The van der Waals surface area contributed by atoms with Gasteiger partial charge in [0.25, 0.3) is 0 Å². The Morgan fingerprint density at radius 1 is 1.25 bits per heavy atom. The first kappa shape index (κ1) is 13.9. The Kier molecular flexibility index (Phi) is 4.22. The van der Waals surface area contributed by atoms with Crippen LogP contribution in [-0.2, 0) is 11.3 Å². The predicted molar refractivity (Wildman–Crippen MR) is 74.6 cm³/mol. The van der Waals surface area contributed by atoms with E-state index in [9.17, 15) is 4.79 Å². The lowest BCUT2D eigenvalue weighted by Crippen LogP contribution is -2.02. The van der Waals surface area contributed by atoms with E-state index >= 15 is 0 Å². The summed E-state index contributed by atoms with van der Waals surface area (Å²) in [5.74, 6) is 0.437. The molecule has 2 rings (SSSR count). The van der Waals surface area contributed by atoms with Crippen molar-refractivity contribution in [1.29, 1.82) is 0 Å². The molecule has 0 saturated carbocycles. The zero-order valence-corrected chi connectivity index (χ0v) is 11.0. The number of anilines is 1. The van der Waals surface area contributed by atoms with E-state index in [1.165, 1.54) is 13.2 Å². The maximum absolute atomic E-state index is 11.5. The maximum Gasteiger partial charge on any atom is 0.337 e. The van der Waals surface area contributed by atoms with E-state index in [4.69, 9.17) is 15.6 Å². The van der Waals surface area contributed by atoms with Gasteiger partial charge in [-0.1, -0.05) is 12.1 Å². The number of carbonyl (C=O) groups is 1. The molecule has 0 fully saturated rings. The molecule has 0 radical (unpaired) electrons. The summed E-state index contributed by atoms with van der Waals surface area (Å²) >= 11 is 0. The maximum atomic E-state index is 11.5. The number of nitrogens with two attached hydrogens (primary N) is 1. The van der Waals surface area contributed by atoms with Crippen LogP contribution in [0, 0.1) is 0 Å². The normalized spacial score (nSPS) is 10.1. The lowest BCUT2D eigenvalue weighted by atomic mass is 10.2. The molecule has 0 aliphatic carbocycles. The van der Waals surface area contributed by atoms with Gasteiger partial charge in [-0.2, -0.15) is 0 Å². The highest BCUT2D eigenvalue weighted by Gasteiger charge is 2.10. The van der Waals surface area contributed by atoms with Crippen LogP contribution >= 0.6 is 0 Å². The van der Waals surface area contributed by atoms with Crippen LogP contribution in [0.25, 0.3) is 0 Å². The number of nitrogen functional groups attached to an aromatic ring is 1. The summed E-state index contributed by atoms with van der Waals surface area (Å²) in [5, 5.41) is 9.09. The Morgan fingerprint density at radius 2 is 2.05 bits per heavy atom. The van der Waals surface area contributed by atoms with Crippen LogP contribution in [0.15, 0.2) is 42.5 Å². The zero-order chi connectivity index (χ0) is 14.5. The van der Waals surface area contributed by atoms with E-state index < -0.39 is 5.97 Å². The Labute approximate surface area is 116 Å². The fraction of sp³-hybridized carbons (Fsp3) is 0.133. The predicted octanol–water partition coefficient (Wildman–Crippen LogP) is 2.34. The van der Waals surface area contributed by atoms with Crippen molar-refractivity contribution in [2.45, 2.75) is 6.61 Å². The third-order valence-corrected chi connectivity index (χ3v) is 2.74. The largest absolute Gasteiger partial charge is 0.465 e. The first-order chi connectivity index (χ1) is 9.63. The van der Waals surface area contributed by atoms with Crippen LogP contribution in [0.5, 0.6) is 11.5 Å². The summed E-state index contributed by atoms with van der Waals surface area (Å²) < 4.78 is 10.3. The Hall–Kier alpha value is -2.53. The molecule has 5 nitrogen and oxygen atoms in total. The lowest BCUT2D eigenvalue weighted by molar-refractivity contribution is 0.0600. The molecule has 20 heavy (non-hydrogen) atoms. The Morgan fingerprint density at radius 3 is 2.75 bits per heavy atom. The number of hydrogen-bond donors (Lipinski definition) is 2. The third-order valence-electron chi connectivity index (χ3n) is 2.74. The molecule has 0 bridgehead atoms. The SMILES string of the molecule is COC(=O)c1ccc(N)c(Oc2cccc(CO)c2)c1. The smallest absolute Gasteiger partial charge is 0.337 e. The van der Waals surface area contributed by atoms with Crippen LogP contribution in [0.1, 0.15) is 15.9 Å². The van der Waals surface area contributed by atoms with E-state index in [0.717, 1.165) is 5.56 Å². The van der Waals surface area contributed by atoms with E-state index in [1.54, 1.807) is 36.4 Å². The van der Waals surface area contributed by atoms with E-state index in [-0.39, 0.29) is 6.61 Å². The highest BCUT2D eigenvalue weighted by atomic mass is 16.5. The molecule has 0 saturated heterocycles. The average Bonchev–Trinajstić information content (AvgIpc) is 2.49. The molecule has 3 N–H and O–H groups in total. The quantitative estimate of drug-likeness (QED) is 0.660. The van der Waals surface area contributed by atoms with Crippen LogP contribution in [-0.4, -0.2) is 18.2 Å². The topological polar surface area (TPSA) is 81.8 Å². The minimum absolute atomic E-state index is 0.0745. The second-order valence-electron chi connectivity index (χ2n) is 4.15. The molecule has 0 spiro atoms. The van der Waals surface area contributed by atoms with Gasteiger partial charge >= 0.3 is 5.97 Å². The van der Waals surface area contributed by atoms with E-state index in [1.807, 2.05) is 0 Å². The molecule has 0 aromatic heterocycles. The van der Waals surface area contributed by atoms with Crippen LogP contribution in [0.4, 0.5) is 5.69 Å².